The lowest BCUT2D eigenvalue weighted by Crippen LogP contribution is -2.53. The highest BCUT2D eigenvalue weighted by atomic mass is 79.9. The Hall–Kier alpha value is -0.830. The lowest BCUT2D eigenvalue weighted by Gasteiger charge is -2.56. The van der Waals surface area contributed by atoms with E-state index in [2.05, 4.69) is 40.2 Å². The molecule has 4 aliphatic carbocycles. The van der Waals surface area contributed by atoms with E-state index in [4.69, 9.17) is 0 Å². The number of halogens is 1. The van der Waals surface area contributed by atoms with Gasteiger partial charge < -0.3 is 4.90 Å². The molecule has 0 atom stereocenters. The lowest BCUT2D eigenvalue weighted by molar-refractivity contribution is -0.156. The van der Waals surface area contributed by atoms with Crippen molar-refractivity contribution in [3.05, 3.63) is 34.3 Å². The molecule has 0 radical (unpaired) electrons. The van der Waals surface area contributed by atoms with E-state index in [-0.39, 0.29) is 5.41 Å². The first-order valence-corrected chi connectivity index (χ1v) is 9.33. The zero-order valence-electron chi connectivity index (χ0n) is 13.2. The molecule has 0 unspecified atom stereocenters. The van der Waals surface area contributed by atoms with Gasteiger partial charge in [0.15, 0.2) is 0 Å². The highest BCUT2D eigenvalue weighted by Crippen LogP contribution is 2.60. The van der Waals surface area contributed by atoms with Crippen LogP contribution in [0.2, 0.25) is 0 Å². The molecule has 1 aromatic carbocycles. The molecule has 4 fully saturated rings. The summed E-state index contributed by atoms with van der Waals surface area (Å²) >= 11 is 3.47. The van der Waals surface area contributed by atoms with E-state index in [1.165, 1.54) is 24.8 Å². The largest absolute Gasteiger partial charge is 0.341 e. The normalized spacial score (nSPS) is 35.6. The first-order chi connectivity index (χ1) is 10.5. The van der Waals surface area contributed by atoms with Crippen molar-refractivity contribution < 1.29 is 4.79 Å². The molecule has 1 aromatic rings. The van der Waals surface area contributed by atoms with Gasteiger partial charge in [-0.15, -0.1) is 0 Å². The Morgan fingerprint density at radius 1 is 1.09 bits per heavy atom. The maximum Gasteiger partial charge on any atom is 0.228 e. The summed E-state index contributed by atoms with van der Waals surface area (Å²) in [4.78, 5) is 15.2. The Labute approximate surface area is 141 Å². The molecule has 118 valence electrons. The first kappa shape index (κ1) is 14.7. The summed E-state index contributed by atoms with van der Waals surface area (Å²) in [7, 11) is 1.99. The minimum absolute atomic E-state index is 0.0150. The summed E-state index contributed by atoms with van der Waals surface area (Å²) in [5.41, 5.74) is 1.20. The zero-order chi connectivity index (χ0) is 15.3. The number of hydrogen-bond acceptors (Lipinski definition) is 1. The summed E-state index contributed by atoms with van der Waals surface area (Å²) in [6, 6.07) is 8.32. The molecule has 1 amide bonds. The van der Waals surface area contributed by atoms with Crippen LogP contribution < -0.4 is 0 Å². The molecular weight excluding hydrogens is 338 g/mol. The van der Waals surface area contributed by atoms with Crippen LogP contribution in [0.5, 0.6) is 0 Å². The van der Waals surface area contributed by atoms with E-state index in [1.54, 1.807) is 0 Å². The summed E-state index contributed by atoms with van der Waals surface area (Å²) in [6.07, 6.45) is 7.64. The summed E-state index contributed by atoms with van der Waals surface area (Å²) in [5.74, 6) is 2.90. The van der Waals surface area contributed by atoms with E-state index in [1.807, 2.05) is 11.9 Å². The fourth-order valence-electron chi connectivity index (χ4n) is 5.71. The van der Waals surface area contributed by atoms with Gasteiger partial charge in [0.25, 0.3) is 0 Å². The van der Waals surface area contributed by atoms with Gasteiger partial charge >= 0.3 is 0 Å². The average molecular weight is 362 g/mol. The first-order valence-electron chi connectivity index (χ1n) is 8.54. The number of benzene rings is 1. The maximum absolute atomic E-state index is 13.2. The van der Waals surface area contributed by atoms with Crippen LogP contribution in [0.1, 0.15) is 44.1 Å². The summed E-state index contributed by atoms with van der Waals surface area (Å²) < 4.78 is 1.09. The molecule has 4 saturated carbocycles. The third kappa shape index (κ3) is 2.51. The minimum atomic E-state index is -0.0150. The number of rotatable bonds is 3. The predicted octanol–water partition coefficient (Wildman–Crippen LogP) is 4.62. The van der Waals surface area contributed by atoms with Crippen molar-refractivity contribution in [3.63, 3.8) is 0 Å². The van der Waals surface area contributed by atoms with E-state index in [0.717, 1.165) is 48.0 Å². The number of carbonyl (C=O) groups is 1. The SMILES string of the molecule is CN(Cc1ccc(Br)cc1)C(=O)C12CC3CC(CC(C3)C1)C2. The molecule has 0 spiro atoms. The van der Waals surface area contributed by atoms with E-state index in [0.29, 0.717) is 5.91 Å². The fourth-order valence-corrected chi connectivity index (χ4v) is 5.98. The van der Waals surface area contributed by atoms with Crippen LogP contribution in [-0.4, -0.2) is 17.9 Å². The maximum atomic E-state index is 13.2. The van der Waals surface area contributed by atoms with E-state index >= 15 is 0 Å². The average Bonchev–Trinajstić information content (AvgIpc) is 2.47. The van der Waals surface area contributed by atoms with Gasteiger partial charge in [0, 0.05) is 18.1 Å². The van der Waals surface area contributed by atoms with Crippen molar-refractivity contribution in [2.75, 3.05) is 7.05 Å². The fraction of sp³-hybridized carbons (Fsp3) is 0.632. The number of nitrogens with zero attached hydrogens (tertiary/aromatic N) is 1. The van der Waals surface area contributed by atoms with Gasteiger partial charge in [-0.1, -0.05) is 28.1 Å². The van der Waals surface area contributed by atoms with Crippen LogP contribution in [0, 0.1) is 23.2 Å². The molecule has 5 rings (SSSR count). The molecule has 0 aromatic heterocycles. The van der Waals surface area contributed by atoms with Gasteiger partial charge in [0.1, 0.15) is 0 Å². The second kappa shape index (κ2) is 5.36. The third-order valence-corrected chi connectivity index (χ3v) is 6.70. The van der Waals surface area contributed by atoms with Crippen LogP contribution in [0.3, 0.4) is 0 Å². The Bertz CT molecular complexity index is 544. The van der Waals surface area contributed by atoms with E-state index in [9.17, 15) is 4.79 Å². The van der Waals surface area contributed by atoms with Crippen LogP contribution in [-0.2, 0) is 11.3 Å². The quantitative estimate of drug-likeness (QED) is 0.768. The second-order valence-corrected chi connectivity index (χ2v) is 8.90. The number of carbonyl (C=O) groups excluding carboxylic acids is 1. The Morgan fingerprint density at radius 2 is 1.59 bits per heavy atom. The molecule has 0 aliphatic heterocycles. The molecule has 0 heterocycles. The molecular formula is C19H24BrNO. The second-order valence-electron chi connectivity index (χ2n) is 7.99. The zero-order valence-corrected chi connectivity index (χ0v) is 14.8. The molecule has 0 saturated heterocycles. The highest BCUT2D eigenvalue weighted by Gasteiger charge is 2.55. The van der Waals surface area contributed by atoms with Crippen LogP contribution in [0.15, 0.2) is 28.7 Å². The molecule has 0 N–H and O–H groups in total. The van der Waals surface area contributed by atoms with E-state index < -0.39 is 0 Å². The summed E-state index contributed by atoms with van der Waals surface area (Å²) in [6.45, 7) is 0.730. The van der Waals surface area contributed by atoms with Gasteiger partial charge in [-0.2, -0.15) is 0 Å². The Kier molecular flexibility index (Phi) is 3.60. The monoisotopic (exact) mass is 361 g/mol. The standard InChI is InChI=1S/C19H24BrNO/c1-21(12-13-2-4-17(20)5-3-13)18(22)19-9-14-6-15(10-19)8-16(7-14)11-19/h2-5,14-16H,6-12H2,1H3. The third-order valence-electron chi connectivity index (χ3n) is 6.17. The van der Waals surface area contributed by atoms with Crippen molar-refractivity contribution in [1.82, 2.24) is 4.90 Å². The predicted molar refractivity (Wildman–Crippen MR) is 91.2 cm³/mol. The van der Waals surface area contributed by atoms with Crippen molar-refractivity contribution >= 4 is 21.8 Å². The summed E-state index contributed by atoms with van der Waals surface area (Å²) in [5, 5.41) is 0. The van der Waals surface area contributed by atoms with Crippen molar-refractivity contribution in [2.24, 2.45) is 23.2 Å². The van der Waals surface area contributed by atoms with Crippen molar-refractivity contribution in [3.8, 4) is 0 Å². The molecule has 4 bridgehead atoms. The molecule has 4 aliphatic rings. The van der Waals surface area contributed by atoms with Gasteiger partial charge in [0.05, 0.1) is 5.41 Å². The Balaban J connectivity index is 1.50. The molecule has 2 nitrogen and oxygen atoms in total. The van der Waals surface area contributed by atoms with Gasteiger partial charge in [0.2, 0.25) is 5.91 Å². The lowest BCUT2D eigenvalue weighted by atomic mass is 9.49. The van der Waals surface area contributed by atoms with Gasteiger partial charge in [-0.25, -0.2) is 0 Å². The molecule has 3 heteroatoms. The minimum Gasteiger partial charge on any atom is -0.341 e. The van der Waals surface area contributed by atoms with Crippen LogP contribution in [0.25, 0.3) is 0 Å². The smallest absolute Gasteiger partial charge is 0.228 e. The highest BCUT2D eigenvalue weighted by molar-refractivity contribution is 9.10. The molecule has 22 heavy (non-hydrogen) atoms. The van der Waals surface area contributed by atoms with Crippen LogP contribution >= 0.6 is 15.9 Å². The van der Waals surface area contributed by atoms with Gasteiger partial charge in [-0.05, 0) is 74.0 Å². The Morgan fingerprint density at radius 3 is 2.09 bits per heavy atom. The topological polar surface area (TPSA) is 20.3 Å². The van der Waals surface area contributed by atoms with Crippen molar-refractivity contribution in [1.29, 1.82) is 0 Å². The number of amides is 1. The number of hydrogen-bond donors (Lipinski definition) is 0. The van der Waals surface area contributed by atoms with Crippen LogP contribution in [0.4, 0.5) is 0 Å². The van der Waals surface area contributed by atoms with Gasteiger partial charge in [-0.3, -0.25) is 4.79 Å². The van der Waals surface area contributed by atoms with Crippen molar-refractivity contribution in [2.45, 2.75) is 45.1 Å².